The Kier molecular flexibility index (Phi) is 5.24. The fraction of sp³-hybridized carbons (Fsp3) is 0.630. The number of halogens is 1. The molecule has 4 nitrogen and oxygen atoms in total. The molecular formula is C27H35ClN2O2. The predicted molar refractivity (Wildman–Crippen MR) is 128 cm³/mol. The maximum atomic E-state index is 13.4. The number of fused-ring (bicyclic) bond motifs is 5. The number of rotatable bonds is 2. The second-order valence-corrected chi connectivity index (χ2v) is 11.6. The van der Waals surface area contributed by atoms with E-state index in [1.165, 1.54) is 11.3 Å². The van der Waals surface area contributed by atoms with Crippen molar-refractivity contribution in [3.8, 4) is 0 Å². The molecule has 0 bridgehead atoms. The van der Waals surface area contributed by atoms with Gasteiger partial charge in [0, 0.05) is 30.5 Å². The Hall–Kier alpha value is -1.81. The van der Waals surface area contributed by atoms with Gasteiger partial charge in [0.25, 0.3) is 0 Å². The third-order valence-electron chi connectivity index (χ3n) is 9.76. The summed E-state index contributed by atoms with van der Waals surface area (Å²) in [6.45, 7) is 7.01. The molecule has 1 heterocycles. The zero-order valence-corrected chi connectivity index (χ0v) is 20.5. The number of hydrogen-bond donors (Lipinski definition) is 1. The minimum absolute atomic E-state index is 0.0248. The third kappa shape index (κ3) is 3.09. The summed E-state index contributed by atoms with van der Waals surface area (Å²) in [4.78, 5) is 27.8. The van der Waals surface area contributed by atoms with Crippen LogP contribution in [-0.2, 0) is 9.59 Å². The van der Waals surface area contributed by atoms with Crippen LogP contribution in [0.5, 0.6) is 0 Å². The van der Waals surface area contributed by atoms with E-state index < -0.39 is 0 Å². The molecule has 5 heteroatoms. The number of amides is 2. The summed E-state index contributed by atoms with van der Waals surface area (Å²) >= 11 is 6.31. The maximum Gasteiger partial charge on any atom is 0.228 e. The van der Waals surface area contributed by atoms with Gasteiger partial charge in [0.1, 0.15) is 0 Å². The SMILES string of the molecule is CC1=C2N(C)C(=O)CC[C@]2(C)[C@@H]2CC[C@]3(C)C(C(=O)Nc4ccccc4Cl)CC[C@H]3[C@@H]2C1. The normalized spacial score (nSPS) is 38.8. The minimum Gasteiger partial charge on any atom is -0.325 e. The lowest BCUT2D eigenvalue weighted by Gasteiger charge is -2.59. The van der Waals surface area contributed by atoms with E-state index in [1.807, 2.05) is 36.2 Å². The highest BCUT2D eigenvalue weighted by Gasteiger charge is 2.61. The molecule has 1 aromatic rings. The average molecular weight is 455 g/mol. The number of piperidine rings is 1. The summed E-state index contributed by atoms with van der Waals surface area (Å²) in [5.74, 6) is 2.16. The molecule has 2 amide bonds. The predicted octanol–water partition coefficient (Wildman–Crippen LogP) is 6.27. The number of allylic oxidation sites excluding steroid dienone is 2. The summed E-state index contributed by atoms with van der Waals surface area (Å²) < 4.78 is 0. The first-order chi connectivity index (χ1) is 15.2. The van der Waals surface area contributed by atoms with Crippen LogP contribution in [0.25, 0.3) is 0 Å². The number of carbonyl (C=O) groups is 2. The van der Waals surface area contributed by atoms with Crippen molar-refractivity contribution in [3.63, 3.8) is 0 Å². The molecule has 0 radical (unpaired) electrons. The number of benzene rings is 1. The van der Waals surface area contributed by atoms with Crippen molar-refractivity contribution in [1.82, 2.24) is 4.90 Å². The van der Waals surface area contributed by atoms with Gasteiger partial charge in [-0.3, -0.25) is 9.59 Å². The van der Waals surface area contributed by atoms with Crippen molar-refractivity contribution in [3.05, 3.63) is 40.6 Å². The van der Waals surface area contributed by atoms with E-state index in [2.05, 4.69) is 26.1 Å². The summed E-state index contributed by atoms with van der Waals surface area (Å²) in [7, 11) is 1.97. The van der Waals surface area contributed by atoms with E-state index >= 15 is 0 Å². The summed E-state index contributed by atoms with van der Waals surface area (Å²) in [6, 6.07) is 7.50. The molecule has 1 saturated heterocycles. The first-order valence-corrected chi connectivity index (χ1v) is 12.6. The molecule has 6 atom stereocenters. The second kappa shape index (κ2) is 7.62. The fourth-order valence-electron chi connectivity index (χ4n) is 8.32. The topological polar surface area (TPSA) is 49.4 Å². The first kappa shape index (κ1) is 22.0. The Bertz CT molecular complexity index is 1000. The Labute approximate surface area is 196 Å². The average Bonchev–Trinajstić information content (AvgIpc) is 3.10. The number of anilines is 1. The van der Waals surface area contributed by atoms with Crippen LogP contribution in [0, 0.1) is 34.5 Å². The molecular weight excluding hydrogens is 420 g/mol. The lowest BCUT2D eigenvalue weighted by molar-refractivity contribution is -0.137. The van der Waals surface area contributed by atoms with Gasteiger partial charge < -0.3 is 10.2 Å². The van der Waals surface area contributed by atoms with Crippen LogP contribution < -0.4 is 5.32 Å². The van der Waals surface area contributed by atoms with Crippen molar-refractivity contribution in [2.45, 2.75) is 65.7 Å². The minimum atomic E-state index is 0.0248. The van der Waals surface area contributed by atoms with Gasteiger partial charge in [-0.25, -0.2) is 0 Å². The van der Waals surface area contributed by atoms with E-state index in [0.717, 1.165) is 38.5 Å². The maximum absolute atomic E-state index is 13.4. The van der Waals surface area contributed by atoms with E-state index in [9.17, 15) is 9.59 Å². The van der Waals surface area contributed by atoms with E-state index in [4.69, 9.17) is 11.6 Å². The van der Waals surface area contributed by atoms with Gasteiger partial charge in [-0.15, -0.1) is 0 Å². The second-order valence-electron chi connectivity index (χ2n) is 11.2. The van der Waals surface area contributed by atoms with Gasteiger partial charge in [-0.2, -0.15) is 0 Å². The molecule has 1 N–H and O–H groups in total. The number of likely N-dealkylation sites (tertiary alicyclic amines) is 1. The Morgan fingerprint density at radius 3 is 2.62 bits per heavy atom. The summed E-state index contributed by atoms with van der Waals surface area (Å²) in [6.07, 6.45) is 6.97. The number of nitrogens with zero attached hydrogens (tertiary/aromatic N) is 1. The Morgan fingerprint density at radius 2 is 1.88 bits per heavy atom. The standard InChI is InChI=1S/C27H35ClN2O2/c1-16-15-17-18-9-10-20(25(32)29-22-8-6-5-7-21(22)28)26(18,2)13-11-19(17)27(3)14-12-23(31)30(4)24(16)27/h5-8,17-20H,9-15H2,1-4H3,(H,29,32)/t17-,18-,19+,20?,26-,27+/m0/s1. The molecule has 1 aromatic carbocycles. The molecule has 4 aliphatic rings. The molecule has 5 rings (SSSR count). The number of hydrogen-bond acceptors (Lipinski definition) is 2. The van der Waals surface area contributed by atoms with Crippen LogP contribution >= 0.6 is 11.6 Å². The Balaban J connectivity index is 1.42. The smallest absolute Gasteiger partial charge is 0.228 e. The molecule has 0 spiro atoms. The summed E-state index contributed by atoms with van der Waals surface area (Å²) in [5, 5.41) is 3.72. The highest BCUT2D eigenvalue weighted by molar-refractivity contribution is 6.33. The van der Waals surface area contributed by atoms with E-state index in [1.54, 1.807) is 0 Å². The van der Waals surface area contributed by atoms with Crippen molar-refractivity contribution in [2.24, 2.45) is 34.5 Å². The van der Waals surface area contributed by atoms with Gasteiger partial charge in [0.15, 0.2) is 0 Å². The fourth-order valence-corrected chi connectivity index (χ4v) is 8.50. The number of carbonyl (C=O) groups excluding carboxylic acids is 2. The van der Waals surface area contributed by atoms with Crippen LogP contribution in [-0.4, -0.2) is 23.8 Å². The molecule has 172 valence electrons. The Morgan fingerprint density at radius 1 is 1.12 bits per heavy atom. The van der Waals surface area contributed by atoms with Gasteiger partial charge in [0.2, 0.25) is 11.8 Å². The van der Waals surface area contributed by atoms with Crippen molar-refractivity contribution in [1.29, 1.82) is 0 Å². The lowest BCUT2D eigenvalue weighted by atomic mass is 9.48. The lowest BCUT2D eigenvalue weighted by Crippen LogP contribution is -2.54. The van der Waals surface area contributed by atoms with Gasteiger partial charge in [-0.05, 0) is 80.8 Å². The van der Waals surface area contributed by atoms with Crippen molar-refractivity contribution < 1.29 is 9.59 Å². The molecule has 0 aromatic heterocycles. The molecule has 1 unspecified atom stereocenters. The summed E-state index contributed by atoms with van der Waals surface area (Å²) in [5.41, 5.74) is 3.50. The van der Waals surface area contributed by atoms with Crippen LogP contribution in [0.2, 0.25) is 5.02 Å². The quantitative estimate of drug-likeness (QED) is 0.572. The molecule has 1 aliphatic heterocycles. The van der Waals surface area contributed by atoms with Crippen LogP contribution in [0.3, 0.4) is 0 Å². The highest BCUT2D eigenvalue weighted by Crippen LogP contribution is 2.66. The van der Waals surface area contributed by atoms with Gasteiger partial charge in [-0.1, -0.05) is 43.2 Å². The molecule has 32 heavy (non-hydrogen) atoms. The number of para-hydroxylation sites is 1. The largest absolute Gasteiger partial charge is 0.325 e. The van der Waals surface area contributed by atoms with Crippen molar-refractivity contribution >= 4 is 29.1 Å². The number of nitrogens with one attached hydrogen (secondary N) is 1. The third-order valence-corrected chi connectivity index (χ3v) is 10.1. The molecule has 2 saturated carbocycles. The van der Waals surface area contributed by atoms with Crippen LogP contribution in [0.4, 0.5) is 5.69 Å². The van der Waals surface area contributed by atoms with Gasteiger partial charge in [0.05, 0.1) is 10.7 Å². The van der Waals surface area contributed by atoms with E-state index in [0.29, 0.717) is 34.9 Å². The first-order valence-electron chi connectivity index (χ1n) is 12.2. The van der Waals surface area contributed by atoms with Crippen LogP contribution in [0.15, 0.2) is 35.5 Å². The highest BCUT2D eigenvalue weighted by atomic mass is 35.5. The van der Waals surface area contributed by atoms with E-state index in [-0.39, 0.29) is 28.6 Å². The zero-order valence-electron chi connectivity index (χ0n) is 19.7. The van der Waals surface area contributed by atoms with Crippen LogP contribution in [0.1, 0.15) is 65.7 Å². The van der Waals surface area contributed by atoms with Gasteiger partial charge >= 0.3 is 0 Å². The molecule has 3 fully saturated rings. The van der Waals surface area contributed by atoms with Crippen molar-refractivity contribution in [2.75, 3.05) is 12.4 Å². The zero-order chi connectivity index (χ0) is 22.8. The monoisotopic (exact) mass is 454 g/mol. The molecule has 3 aliphatic carbocycles.